The highest BCUT2D eigenvalue weighted by molar-refractivity contribution is 5.88. The zero-order valence-corrected chi connectivity index (χ0v) is 10.7. The Balaban J connectivity index is 2.03. The summed E-state index contributed by atoms with van der Waals surface area (Å²) in [6.45, 7) is 4.30. The van der Waals surface area contributed by atoms with Gasteiger partial charge in [0.1, 0.15) is 0 Å². The molecule has 0 spiro atoms. The Bertz CT molecular complexity index is 568. The van der Waals surface area contributed by atoms with Crippen LogP contribution in [0.25, 0.3) is 0 Å². The summed E-state index contributed by atoms with van der Waals surface area (Å²) in [6, 6.07) is 1.93. The third-order valence-corrected chi connectivity index (χ3v) is 2.61. The molecule has 0 saturated heterocycles. The van der Waals surface area contributed by atoms with E-state index in [2.05, 4.69) is 20.4 Å². The number of carboxylic acid groups (broad SMARTS) is 1. The van der Waals surface area contributed by atoms with Crippen LogP contribution < -0.4 is 5.32 Å². The molecule has 0 aromatic carbocycles. The quantitative estimate of drug-likeness (QED) is 0.839. The standard InChI is InChI=1S/C12H15N5O2/c1-8(7-17-5-3-4-14-17)15-12-13-6-10(11(18)19)9(2)16-12/h3-6,8H,7H2,1-2H3,(H,18,19)(H,13,15,16). The Hall–Kier alpha value is -2.44. The molecule has 0 bridgehead atoms. The summed E-state index contributed by atoms with van der Waals surface area (Å²) in [4.78, 5) is 19.0. The number of hydrogen-bond acceptors (Lipinski definition) is 5. The number of nitrogens with one attached hydrogen (secondary N) is 1. The Morgan fingerprint density at radius 1 is 1.58 bits per heavy atom. The van der Waals surface area contributed by atoms with Crippen molar-refractivity contribution in [3.63, 3.8) is 0 Å². The minimum atomic E-state index is -1.02. The number of anilines is 1. The molecule has 19 heavy (non-hydrogen) atoms. The molecule has 2 aromatic rings. The van der Waals surface area contributed by atoms with E-state index in [1.807, 2.05) is 19.2 Å². The molecule has 1 atom stereocenters. The van der Waals surface area contributed by atoms with Gasteiger partial charge < -0.3 is 10.4 Å². The zero-order chi connectivity index (χ0) is 13.8. The number of aryl methyl sites for hydroxylation is 1. The Morgan fingerprint density at radius 3 is 2.95 bits per heavy atom. The largest absolute Gasteiger partial charge is 0.478 e. The van der Waals surface area contributed by atoms with Crippen molar-refractivity contribution in [1.29, 1.82) is 0 Å². The monoisotopic (exact) mass is 261 g/mol. The average molecular weight is 261 g/mol. The maximum Gasteiger partial charge on any atom is 0.339 e. The lowest BCUT2D eigenvalue weighted by atomic mass is 10.2. The van der Waals surface area contributed by atoms with E-state index in [4.69, 9.17) is 5.11 Å². The third-order valence-electron chi connectivity index (χ3n) is 2.61. The van der Waals surface area contributed by atoms with Gasteiger partial charge in [-0.2, -0.15) is 5.10 Å². The van der Waals surface area contributed by atoms with Crippen LogP contribution in [0.5, 0.6) is 0 Å². The van der Waals surface area contributed by atoms with Gasteiger partial charge >= 0.3 is 5.97 Å². The summed E-state index contributed by atoms with van der Waals surface area (Å²) < 4.78 is 1.80. The maximum absolute atomic E-state index is 10.9. The Labute approximate surface area is 110 Å². The second-order valence-electron chi connectivity index (χ2n) is 4.27. The van der Waals surface area contributed by atoms with Crippen LogP contribution in [0.15, 0.2) is 24.7 Å². The number of aromatic nitrogens is 4. The normalized spacial score (nSPS) is 12.1. The van der Waals surface area contributed by atoms with Gasteiger partial charge in [0.25, 0.3) is 0 Å². The Morgan fingerprint density at radius 2 is 2.37 bits per heavy atom. The molecule has 2 heterocycles. The van der Waals surface area contributed by atoms with Crippen LogP contribution in [0.4, 0.5) is 5.95 Å². The predicted octanol–water partition coefficient (Wildman–Crippen LogP) is 1.18. The first-order valence-electron chi connectivity index (χ1n) is 5.87. The van der Waals surface area contributed by atoms with Crippen LogP contribution in [0.2, 0.25) is 0 Å². The second kappa shape index (κ2) is 5.47. The van der Waals surface area contributed by atoms with Crippen LogP contribution in [0.3, 0.4) is 0 Å². The molecule has 0 aliphatic rings. The predicted molar refractivity (Wildman–Crippen MR) is 69.0 cm³/mol. The molecular weight excluding hydrogens is 246 g/mol. The van der Waals surface area contributed by atoms with E-state index in [1.54, 1.807) is 17.8 Å². The minimum absolute atomic E-state index is 0.0787. The smallest absolute Gasteiger partial charge is 0.339 e. The second-order valence-corrected chi connectivity index (χ2v) is 4.27. The molecule has 0 aliphatic carbocycles. The van der Waals surface area contributed by atoms with Gasteiger partial charge in [-0.3, -0.25) is 4.68 Å². The van der Waals surface area contributed by atoms with E-state index < -0.39 is 5.97 Å². The maximum atomic E-state index is 10.9. The highest BCUT2D eigenvalue weighted by Crippen LogP contribution is 2.08. The fourth-order valence-electron chi connectivity index (χ4n) is 1.70. The topological polar surface area (TPSA) is 92.9 Å². The van der Waals surface area contributed by atoms with Crippen molar-refractivity contribution in [3.8, 4) is 0 Å². The van der Waals surface area contributed by atoms with E-state index in [-0.39, 0.29) is 11.6 Å². The number of aromatic carboxylic acids is 1. The van der Waals surface area contributed by atoms with Crippen molar-refractivity contribution >= 4 is 11.9 Å². The first-order valence-corrected chi connectivity index (χ1v) is 5.87. The van der Waals surface area contributed by atoms with Crippen LogP contribution in [0, 0.1) is 6.92 Å². The Kier molecular flexibility index (Phi) is 3.74. The SMILES string of the molecule is Cc1nc(NC(C)Cn2cccn2)ncc1C(=O)O. The lowest BCUT2D eigenvalue weighted by molar-refractivity contribution is 0.0695. The molecule has 0 saturated carbocycles. The van der Waals surface area contributed by atoms with Crippen molar-refractivity contribution in [2.24, 2.45) is 0 Å². The molecule has 0 aliphatic heterocycles. The zero-order valence-electron chi connectivity index (χ0n) is 10.7. The fraction of sp³-hybridized carbons (Fsp3) is 0.333. The van der Waals surface area contributed by atoms with E-state index in [0.717, 1.165) is 0 Å². The van der Waals surface area contributed by atoms with E-state index >= 15 is 0 Å². The van der Waals surface area contributed by atoms with E-state index in [0.29, 0.717) is 18.2 Å². The summed E-state index contributed by atoms with van der Waals surface area (Å²) in [5, 5.41) is 16.1. The first kappa shape index (κ1) is 13.0. The van der Waals surface area contributed by atoms with Crippen molar-refractivity contribution in [3.05, 3.63) is 35.9 Å². The number of carboxylic acids is 1. The van der Waals surface area contributed by atoms with Crippen molar-refractivity contribution in [2.45, 2.75) is 26.4 Å². The summed E-state index contributed by atoms with van der Waals surface area (Å²) in [6.07, 6.45) is 4.90. The summed E-state index contributed by atoms with van der Waals surface area (Å²) in [5.74, 6) is -0.601. The van der Waals surface area contributed by atoms with Crippen LogP contribution in [-0.2, 0) is 6.54 Å². The number of hydrogen-bond donors (Lipinski definition) is 2. The fourth-order valence-corrected chi connectivity index (χ4v) is 1.70. The van der Waals surface area contributed by atoms with Crippen molar-refractivity contribution in [1.82, 2.24) is 19.7 Å². The van der Waals surface area contributed by atoms with Crippen molar-refractivity contribution < 1.29 is 9.90 Å². The lowest BCUT2D eigenvalue weighted by Gasteiger charge is -2.14. The van der Waals surface area contributed by atoms with Crippen molar-refractivity contribution in [2.75, 3.05) is 5.32 Å². The molecular formula is C12H15N5O2. The lowest BCUT2D eigenvalue weighted by Crippen LogP contribution is -2.23. The number of rotatable bonds is 5. The summed E-state index contributed by atoms with van der Waals surface area (Å²) >= 11 is 0. The van der Waals surface area contributed by atoms with Gasteiger partial charge in [-0.05, 0) is 19.9 Å². The molecule has 0 radical (unpaired) electrons. The average Bonchev–Trinajstić information content (AvgIpc) is 2.81. The first-order chi connectivity index (χ1) is 9.06. The van der Waals surface area contributed by atoms with E-state index in [9.17, 15) is 4.79 Å². The van der Waals surface area contributed by atoms with Gasteiger partial charge in [-0.15, -0.1) is 0 Å². The van der Waals surface area contributed by atoms with Crippen LogP contribution in [0.1, 0.15) is 23.0 Å². The minimum Gasteiger partial charge on any atom is -0.478 e. The van der Waals surface area contributed by atoms with Gasteiger partial charge in [0.15, 0.2) is 0 Å². The van der Waals surface area contributed by atoms with Gasteiger partial charge in [-0.1, -0.05) is 0 Å². The highest BCUT2D eigenvalue weighted by atomic mass is 16.4. The molecule has 0 fully saturated rings. The van der Waals surface area contributed by atoms with Crippen LogP contribution >= 0.6 is 0 Å². The summed E-state index contributed by atoms with van der Waals surface area (Å²) in [7, 11) is 0. The summed E-state index contributed by atoms with van der Waals surface area (Å²) in [5.41, 5.74) is 0.557. The van der Waals surface area contributed by atoms with E-state index in [1.165, 1.54) is 6.20 Å². The van der Waals surface area contributed by atoms with Gasteiger partial charge in [0.2, 0.25) is 5.95 Å². The highest BCUT2D eigenvalue weighted by Gasteiger charge is 2.11. The van der Waals surface area contributed by atoms with Gasteiger partial charge in [0.05, 0.1) is 17.8 Å². The third kappa shape index (κ3) is 3.27. The van der Waals surface area contributed by atoms with Gasteiger partial charge in [-0.25, -0.2) is 14.8 Å². The molecule has 2 N–H and O–H groups in total. The van der Waals surface area contributed by atoms with Crippen LogP contribution in [-0.4, -0.2) is 36.9 Å². The molecule has 2 rings (SSSR count). The number of carbonyl (C=O) groups is 1. The molecule has 100 valence electrons. The van der Waals surface area contributed by atoms with Gasteiger partial charge in [0, 0.05) is 24.6 Å². The molecule has 0 amide bonds. The molecule has 2 aromatic heterocycles. The molecule has 1 unspecified atom stereocenters. The molecule has 7 nitrogen and oxygen atoms in total. The molecule has 7 heteroatoms. The number of nitrogens with zero attached hydrogens (tertiary/aromatic N) is 4.